The van der Waals surface area contributed by atoms with Gasteiger partial charge in [-0.1, -0.05) is 12.1 Å². The first-order chi connectivity index (χ1) is 11.0. The fraction of sp³-hybridized carbons (Fsp3) is 0.438. The normalized spacial score (nSPS) is 15.2. The summed E-state index contributed by atoms with van der Waals surface area (Å²) in [4.78, 5) is 37.1. The van der Waals surface area contributed by atoms with E-state index in [0.717, 1.165) is 13.0 Å². The zero-order valence-corrected chi connectivity index (χ0v) is 13.3. The van der Waals surface area contributed by atoms with Gasteiger partial charge in [0.15, 0.2) is 0 Å². The molecular weight excluding hydrogens is 298 g/mol. The maximum Gasteiger partial charge on any atom is 0.411 e. The molecule has 1 fully saturated rings. The van der Waals surface area contributed by atoms with E-state index in [9.17, 15) is 14.4 Å². The molecule has 0 aliphatic carbocycles. The van der Waals surface area contributed by atoms with Crippen LogP contribution < -0.4 is 10.6 Å². The monoisotopic (exact) mass is 319 g/mol. The Morgan fingerprint density at radius 2 is 2.09 bits per heavy atom. The molecule has 124 valence electrons. The lowest BCUT2D eigenvalue weighted by Gasteiger charge is -2.22. The Balaban J connectivity index is 1.99. The summed E-state index contributed by atoms with van der Waals surface area (Å²) in [6, 6.07) is 6.49. The van der Waals surface area contributed by atoms with E-state index in [-0.39, 0.29) is 17.9 Å². The SMILES string of the molecule is COC(=O)Nc1ccccc1C(=O)N[C@H](C)CN1CCCC1=O. The molecule has 0 unspecified atom stereocenters. The average Bonchev–Trinajstić information content (AvgIpc) is 2.92. The second-order valence-corrected chi connectivity index (χ2v) is 5.48. The minimum atomic E-state index is -0.638. The topological polar surface area (TPSA) is 87.7 Å². The van der Waals surface area contributed by atoms with Crippen molar-refractivity contribution in [3.05, 3.63) is 29.8 Å². The molecule has 2 rings (SSSR count). The van der Waals surface area contributed by atoms with Crippen molar-refractivity contribution in [1.29, 1.82) is 0 Å². The van der Waals surface area contributed by atoms with Gasteiger partial charge in [-0.3, -0.25) is 14.9 Å². The third kappa shape index (κ3) is 4.45. The molecule has 0 saturated carbocycles. The number of rotatable bonds is 5. The molecule has 23 heavy (non-hydrogen) atoms. The fourth-order valence-electron chi connectivity index (χ4n) is 2.53. The van der Waals surface area contributed by atoms with E-state index < -0.39 is 6.09 Å². The lowest BCUT2D eigenvalue weighted by molar-refractivity contribution is -0.127. The molecule has 1 atom stereocenters. The van der Waals surface area contributed by atoms with E-state index in [1.807, 2.05) is 6.92 Å². The fourth-order valence-corrected chi connectivity index (χ4v) is 2.53. The molecular formula is C16H21N3O4. The summed E-state index contributed by atoms with van der Waals surface area (Å²) in [5.41, 5.74) is 0.721. The molecule has 0 aromatic heterocycles. The van der Waals surface area contributed by atoms with Crippen LogP contribution in [0.25, 0.3) is 0 Å². The number of likely N-dealkylation sites (tertiary alicyclic amines) is 1. The van der Waals surface area contributed by atoms with Crippen LogP contribution >= 0.6 is 0 Å². The number of hydrogen-bond acceptors (Lipinski definition) is 4. The van der Waals surface area contributed by atoms with Gasteiger partial charge < -0.3 is 15.0 Å². The molecule has 0 spiro atoms. The van der Waals surface area contributed by atoms with E-state index >= 15 is 0 Å². The van der Waals surface area contributed by atoms with Gasteiger partial charge in [0.1, 0.15) is 0 Å². The minimum absolute atomic E-state index is 0.124. The second kappa shape index (κ2) is 7.62. The molecule has 0 radical (unpaired) electrons. The highest BCUT2D eigenvalue weighted by atomic mass is 16.5. The van der Waals surface area contributed by atoms with E-state index in [0.29, 0.717) is 24.2 Å². The maximum absolute atomic E-state index is 12.4. The van der Waals surface area contributed by atoms with Gasteiger partial charge >= 0.3 is 6.09 Å². The van der Waals surface area contributed by atoms with Crippen LogP contribution in [0.5, 0.6) is 0 Å². The highest BCUT2D eigenvalue weighted by molar-refractivity contribution is 6.02. The number of nitrogens with zero attached hydrogens (tertiary/aromatic N) is 1. The van der Waals surface area contributed by atoms with Crippen molar-refractivity contribution >= 4 is 23.6 Å². The molecule has 1 aliphatic rings. The van der Waals surface area contributed by atoms with Gasteiger partial charge in [-0.25, -0.2) is 4.79 Å². The van der Waals surface area contributed by atoms with Crippen LogP contribution in [0.15, 0.2) is 24.3 Å². The minimum Gasteiger partial charge on any atom is -0.453 e. The van der Waals surface area contributed by atoms with Crippen molar-refractivity contribution < 1.29 is 19.1 Å². The summed E-state index contributed by atoms with van der Waals surface area (Å²) in [7, 11) is 1.26. The lowest BCUT2D eigenvalue weighted by atomic mass is 10.1. The summed E-state index contributed by atoms with van der Waals surface area (Å²) in [6.45, 7) is 3.07. The number of hydrogen-bond donors (Lipinski definition) is 2. The van der Waals surface area contributed by atoms with Crippen LogP contribution in [0.4, 0.5) is 10.5 Å². The number of anilines is 1. The average molecular weight is 319 g/mol. The number of amides is 3. The van der Waals surface area contributed by atoms with E-state index in [1.165, 1.54) is 7.11 Å². The largest absolute Gasteiger partial charge is 0.453 e. The van der Waals surface area contributed by atoms with Crippen LogP contribution in [0.1, 0.15) is 30.1 Å². The van der Waals surface area contributed by atoms with Gasteiger partial charge in [-0.15, -0.1) is 0 Å². The van der Waals surface area contributed by atoms with Crippen molar-refractivity contribution in [2.75, 3.05) is 25.5 Å². The quantitative estimate of drug-likeness (QED) is 0.863. The molecule has 1 aromatic carbocycles. The van der Waals surface area contributed by atoms with Crippen LogP contribution in [0, 0.1) is 0 Å². The van der Waals surface area contributed by atoms with Crippen LogP contribution in [-0.2, 0) is 9.53 Å². The number of nitrogens with one attached hydrogen (secondary N) is 2. The molecule has 2 N–H and O–H groups in total. The Morgan fingerprint density at radius 1 is 1.35 bits per heavy atom. The Labute approximate surface area is 135 Å². The number of methoxy groups -OCH3 is 1. The molecule has 1 aromatic rings. The molecule has 7 heteroatoms. The number of para-hydroxylation sites is 1. The summed E-state index contributed by atoms with van der Waals surface area (Å²) in [5.74, 6) is -0.185. The van der Waals surface area contributed by atoms with Gasteiger partial charge in [0.05, 0.1) is 18.4 Å². The van der Waals surface area contributed by atoms with Gasteiger partial charge in [0, 0.05) is 25.6 Å². The molecule has 1 saturated heterocycles. The van der Waals surface area contributed by atoms with E-state index in [1.54, 1.807) is 29.2 Å². The van der Waals surface area contributed by atoms with Gasteiger partial charge in [0.2, 0.25) is 5.91 Å². The summed E-state index contributed by atoms with van der Waals surface area (Å²) in [6.07, 6.45) is 0.804. The van der Waals surface area contributed by atoms with Crippen molar-refractivity contribution in [2.24, 2.45) is 0 Å². The van der Waals surface area contributed by atoms with Gasteiger partial charge in [-0.2, -0.15) is 0 Å². The predicted molar refractivity (Wildman–Crippen MR) is 85.2 cm³/mol. The highest BCUT2D eigenvalue weighted by Crippen LogP contribution is 2.16. The smallest absolute Gasteiger partial charge is 0.411 e. The van der Waals surface area contributed by atoms with Crippen molar-refractivity contribution in [3.8, 4) is 0 Å². The second-order valence-electron chi connectivity index (χ2n) is 5.48. The van der Waals surface area contributed by atoms with Crippen molar-refractivity contribution in [3.63, 3.8) is 0 Å². The number of benzene rings is 1. The first-order valence-electron chi connectivity index (χ1n) is 7.54. The molecule has 7 nitrogen and oxygen atoms in total. The van der Waals surface area contributed by atoms with Gasteiger partial charge in [-0.05, 0) is 25.5 Å². The molecule has 0 bridgehead atoms. The third-order valence-corrected chi connectivity index (χ3v) is 3.64. The molecule has 1 aliphatic heterocycles. The van der Waals surface area contributed by atoms with E-state index in [4.69, 9.17) is 0 Å². The Hall–Kier alpha value is -2.57. The number of ether oxygens (including phenoxy) is 1. The van der Waals surface area contributed by atoms with Gasteiger partial charge in [0.25, 0.3) is 5.91 Å². The van der Waals surface area contributed by atoms with Crippen LogP contribution in [0.2, 0.25) is 0 Å². The Kier molecular flexibility index (Phi) is 5.56. The highest BCUT2D eigenvalue weighted by Gasteiger charge is 2.23. The summed E-state index contributed by atoms with van der Waals surface area (Å²) in [5, 5.41) is 5.36. The first kappa shape index (κ1) is 16.8. The first-order valence-corrected chi connectivity index (χ1v) is 7.54. The zero-order valence-electron chi connectivity index (χ0n) is 13.3. The standard InChI is InChI=1S/C16H21N3O4/c1-11(10-19-9-5-8-14(19)20)17-15(21)12-6-3-4-7-13(12)18-16(22)23-2/h3-4,6-7,11H,5,8-10H2,1-2H3,(H,17,21)(H,18,22)/t11-/m1/s1. The Morgan fingerprint density at radius 3 is 2.74 bits per heavy atom. The Bertz CT molecular complexity index is 603. The molecule has 3 amide bonds. The van der Waals surface area contributed by atoms with Crippen LogP contribution in [-0.4, -0.2) is 49.0 Å². The van der Waals surface area contributed by atoms with E-state index in [2.05, 4.69) is 15.4 Å². The summed E-state index contributed by atoms with van der Waals surface area (Å²) < 4.78 is 4.54. The lowest BCUT2D eigenvalue weighted by Crippen LogP contribution is -2.42. The van der Waals surface area contributed by atoms with Crippen molar-refractivity contribution in [2.45, 2.75) is 25.8 Å². The number of carbonyl (C=O) groups excluding carboxylic acids is 3. The third-order valence-electron chi connectivity index (χ3n) is 3.64. The van der Waals surface area contributed by atoms with Crippen molar-refractivity contribution in [1.82, 2.24) is 10.2 Å². The summed E-state index contributed by atoms with van der Waals surface area (Å²) >= 11 is 0. The predicted octanol–water partition coefficient (Wildman–Crippen LogP) is 1.61. The maximum atomic E-state index is 12.4. The molecule has 1 heterocycles. The zero-order chi connectivity index (χ0) is 16.8. The number of carbonyl (C=O) groups is 3. The van der Waals surface area contributed by atoms with Crippen LogP contribution in [0.3, 0.4) is 0 Å².